The lowest BCUT2D eigenvalue weighted by atomic mass is 10.1. The molecule has 0 heterocycles. The Labute approximate surface area is 113 Å². The van der Waals surface area contributed by atoms with E-state index in [0.29, 0.717) is 0 Å². The Morgan fingerprint density at radius 2 is 1.95 bits per heavy atom. The molecule has 0 radical (unpaired) electrons. The number of nitrogens with one attached hydrogen (secondary N) is 1. The van der Waals surface area contributed by atoms with E-state index in [2.05, 4.69) is 0 Å². The van der Waals surface area contributed by atoms with Crippen molar-refractivity contribution in [3.63, 3.8) is 0 Å². The van der Waals surface area contributed by atoms with Gasteiger partial charge in [0.05, 0.1) is 19.5 Å². The largest absolute Gasteiger partial charge is 0.350 e. The monoisotopic (exact) mass is 300 g/mol. The van der Waals surface area contributed by atoms with Crippen molar-refractivity contribution in [1.29, 1.82) is 0 Å². The van der Waals surface area contributed by atoms with Gasteiger partial charge in [0.15, 0.2) is 0 Å². The summed E-state index contributed by atoms with van der Waals surface area (Å²) in [6.07, 6.45) is -0.510. The van der Waals surface area contributed by atoms with Gasteiger partial charge in [-0.1, -0.05) is 0 Å². The zero-order valence-corrected chi connectivity index (χ0v) is 10.6. The third kappa shape index (κ3) is 5.89. The lowest BCUT2D eigenvalue weighted by Gasteiger charge is -2.14. The molecule has 0 saturated heterocycles. The minimum Gasteiger partial charge on any atom is -0.350 e. The minimum atomic E-state index is -3.21. The van der Waals surface area contributed by atoms with Gasteiger partial charge in [0.1, 0.15) is 11.6 Å². The van der Waals surface area contributed by atoms with Crippen LogP contribution in [0, 0.1) is 11.6 Å². The maximum absolute atomic E-state index is 13.2. The first-order valence-electron chi connectivity index (χ1n) is 5.12. The van der Waals surface area contributed by atoms with E-state index in [1.54, 1.807) is 0 Å². The number of halogens is 5. The highest BCUT2D eigenvalue weighted by atomic mass is 35.5. The Kier molecular flexibility index (Phi) is 6.78. The van der Waals surface area contributed by atoms with Gasteiger partial charge in [0.2, 0.25) is 5.91 Å². The fourth-order valence-electron chi connectivity index (χ4n) is 1.21. The fourth-order valence-corrected chi connectivity index (χ4v) is 1.21. The average Bonchev–Trinajstić information content (AvgIpc) is 2.31. The van der Waals surface area contributed by atoms with Gasteiger partial charge in [0, 0.05) is 5.56 Å². The van der Waals surface area contributed by atoms with Gasteiger partial charge in [-0.2, -0.15) is 0 Å². The molecule has 0 unspecified atom stereocenters. The van der Waals surface area contributed by atoms with Crippen LogP contribution in [-0.2, 0) is 11.2 Å². The number of hydrogen-bond donors (Lipinski definition) is 2. The van der Waals surface area contributed by atoms with Crippen LogP contribution in [-0.4, -0.2) is 24.9 Å². The van der Waals surface area contributed by atoms with Crippen LogP contribution >= 0.6 is 12.4 Å². The molecule has 0 aromatic heterocycles. The Hall–Kier alpha value is -1.34. The number of amides is 1. The van der Waals surface area contributed by atoms with Gasteiger partial charge >= 0.3 is 0 Å². The quantitative estimate of drug-likeness (QED) is 0.812. The average molecular weight is 301 g/mol. The standard InChI is InChI=1S/C11H12F4N2O.ClH/c12-8-1-2-9(13)7(3-8)4-10(18)17-6-11(14,15)5-16;/h1-3H,4-6,16H2,(H,17,18);1H. The summed E-state index contributed by atoms with van der Waals surface area (Å²) in [5, 5.41) is 1.91. The lowest BCUT2D eigenvalue weighted by molar-refractivity contribution is -0.122. The number of nitrogens with two attached hydrogens (primary N) is 1. The summed E-state index contributed by atoms with van der Waals surface area (Å²) in [5.41, 5.74) is 4.59. The number of carbonyl (C=O) groups is 1. The van der Waals surface area contributed by atoms with E-state index in [4.69, 9.17) is 5.73 Å². The second-order valence-corrected chi connectivity index (χ2v) is 3.75. The second-order valence-electron chi connectivity index (χ2n) is 3.75. The maximum Gasteiger partial charge on any atom is 0.277 e. The zero-order valence-electron chi connectivity index (χ0n) is 9.76. The molecule has 0 saturated carbocycles. The van der Waals surface area contributed by atoms with E-state index < -0.39 is 43.0 Å². The molecule has 0 bridgehead atoms. The van der Waals surface area contributed by atoms with Crippen molar-refractivity contribution in [2.75, 3.05) is 13.1 Å². The molecular formula is C11H13ClF4N2O. The molecule has 1 aromatic rings. The number of rotatable bonds is 5. The van der Waals surface area contributed by atoms with Gasteiger partial charge in [-0.25, -0.2) is 17.6 Å². The normalized spacial score (nSPS) is 10.8. The Morgan fingerprint density at radius 1 is 1.32 bits per heavy atom. The molecular weight excluding hydrogens is 288 g/mol. The highest BCUT2D eigenvalue weighted by molar-refractivity contribution is 5.85. The third-order valence-electron chi connectivity index (χ3n) is 2.20. The van der Waals surface area contributed by atoms with E-state index in [-0.39, 0.29) is 18.0 Å². The van der Waals surface area contributed by atoms with Crippen LogP contribution in [0.15, 0.2) is 18.2 Å². The second kappa shape index (κ2) is 7.30. The summed E-state index contributed by atoms with van der Waals surface area (Å²) in [4.78, 5) is 11.3. The first-order chi connectivity index (χ1) is 8.34. The van der Waals surface area contributed by atoms with Crippen molar-refractivity contribution in [2.45, 2.75) is 12.3 Å². The van der Waals surface area contributed by atoms with Crippen LogP contribution in [0.4, 0.5) is 17.6 Å². The highest BCUT2D eigenvalue weighted by Crippen LogP contribution is 2.11. The van der Waals surface area contributed by atoms with Crippen LogP contribution in [0.25, 0.3) is 0 Å². The van der Waals surface area contributed by atoms with Crippen LogP contribution in [0.1, 0.15) is 5.56 Å². The molecule has 1 amide bonds. The fraction of sp³-hybridized carbons (Fsp3) is 0.364. The molecule has 3 nitrogen and oxygen atoms in total. The van der Waals surface area contributed by atoms with E-state index >= 15 is 0 Å². The van der Waals surface area contributed by atoms with Crippen molar-refractivity contribution < 1.29 is 22.4 Å². The van der Waals surface area contributed by atoms with Crippen LogP contribution in [0.3, 0.4) is 0 Å². The molecule has 0 spiro atoms. The molecule has 0 aliphatic heterocycles. The first kappa shape index (κ1) is 17.7. The summed E-state index contributed by atoms with van der Waals surface area (Å²) in [6, 6.07) is 2.61. The Balaban J connectivity index is 0.00000324. The smallest absolute Gasteiger partial charge is 0.277 e. The van der Waals surface area contributed by atoms with Crippen LogP contribution in [0.2, 0.25) is 0 Å². The van der Waals surface area contributed by atoms with Crippen LogP contribution in [0.5, 0.6) is 0 Å². The molecule has 0 fully saturated rings. The molecule has 0 aliphatic rings. The van der Waals surface area contributed by atoms with E-state index in [1.165, 1.54) is 0 Å². The topological polar surface area (TPSA) is 55.1 Å². The molecule has 0 aliphatic carbocycles. The van der Waals surface area contributed by atoms with Gasteiger partial charge in [0.25, 0.3) is 5.92 Å². The lowest BCUT2D eigenvalue weighted by Crippen LogP contribution is -2.42. The molecule has 108 valence electrons. The van der Waals surface area contributed by atoms with Crippen molar-refractivity contribution in [3.8, 4) is 0 Å². The van der Waals surface area contributed by atoms with Crippen LogP contribution < -0.4 is 11.1 Å². The molecule has 1 rings (SSSR count). The zero-order chi connectivity index (χ0) is 13.8. The molecule has 8 heteroatoms. The van der Waals surface area contributed by atoms with Gasteiger partial charge in [-0.15, -0.1) is 12.4 Å². The predicted octanol–water partition coefficient (Wildman–Crippen LogP) is 1.64. The summed E-state index contributed by atoms with van der Waals surface area (Å²) in [7, 11) is 0. The van der Waals surface area contributed by atoms with Gasteiger partial charge in [-0.05, 0) is 18.2 Å². The van der Waals surface area contributed by atoms with Gasteiger partial charge < -0.3 is 11.1 Å². The third-order valence-corrected chi connectivity index (χ3v) is 2.20. The van der Waals surface area contributed by atoms with E-state index in [9.17, 15) is 22.4 Å². The summed E-state index contributed by atoms with van der Waals surface area (Å²) >= 11 is 0. The molecule has 3 N–H and O–H groups in total. The van der Waals surface area contributed by atoms with Crippen molar-refractivity contribution in [2.24, 2.45) is 5.73 Å². The van der Waals surface area contributed by atoms with Crippen molar-refractivity contribution >= 4 is 18.3 Å². The number of alkyl halides is 2. The molecule has 1 aromatic carbocycles. The summed E-state index contributed by atoms with van der Waals surface area (Å²) in [5.74, 6) is -5.51. The number of carbonyl (C=O) groups excluding carboxylic acids is 1. The number of benzene rings is 1. The minimum absolute atomic E-state index is 0. The summed E-state index contributed by atoms with van der Waals surface area (Å²) in [6.45, 7) is -1.83. The first-order valence-corrected chi connectivity index (χ1v) is 5.12. The summed E-state index contributed by atoms with van der Waals surface area (Å²) < 4.78 is 51.4. The molecule has 19 heavy (non-hydrogen) atoms. The maximum atomic E-state index is 13.2. The van der Waals surface area contributed by atoms with Gasteiger partial charge in [-0.3, -0.25) is 4.79 Å². The Morgan fingerprint density at radius 3 is 2.53 bits per heavy atom. The van der Waals surface area contributed by atoms with Crippen molar-refractivity contribution in [3.05, 3.63) is 35.4 Å². The number of hydrogen-bond acceptors (Lipinski definition) is 2. The van der Waals surface area contributed by atoms with E-state index in [0.717, 1.165) is 18.2 Å². The predicted molar refractivity (Wildman–Crippen MR) is 64.3 cm³/mol. The Bertz CT molecular complexity index is 443. The van der Waals surface area contributed by atoms with E-state index in [1.807, 2.05) is 5.32 Å². The highest BCUT2D eigenvalue weighted by Gasteiger charge is 2.27. The van der Waals surface area contributed by atoms with Crippen molar-refractivity contribution in [1.82, 2.24) is 5.32 Å². The molecule has 0 atom stereocenters. The SMILES string of the molecule is Cl.NCC(F)(F)CNC(=O)Cc1cc(F)ccc1F.